The number of rotatable bonds is 3. The van der Waals surface area contributed by atoms with Crippen LogP contribution < -0.4 is 5.32 Å². The van der Waals surface area contributed by atoms with E-state index in [1.165, 1.54) is 5.56 Å². The molecule has 0 aliphatic carbocycles. The van der Waals surface area contributed by atoms with Crippen LogP contribution in [-0.4, -0.2) is 55.0 Å². The first-order valence-electron chi connectivity index (χ1n) is 8.51. The number of piperazine rings is 1. The molecule has 3 rings (SSSR count). The Kier molecular flexibility index (Phi) is 5.11. The fraction of sp³-hybridized carbons (Fsp3) is 0.611. The highest BCUT2D eigenvalue weighted by Crippen LogP contribution is 2.35. The van der Waals surface area contributed by atoms with Gasteiger partial charge in [-0.1, -0.05) is 30.3 Å². The van der Waals surface area contributed by atoms with E-state index in [4.69, 9.17) is 0 Å². The molecule has 0 aromatic heterocycles. The molecular formula is C18H27N3O. The molecule has 4 nitrogen and oxygen atoms in total. The van der Waals surface area contributed by atoms with Crippen molar-refractivity contribution in [1.29, 1.82) is 0 Å². The summed E-state index contributed by atoms with van der Waals surface area (Å²) >= 11 is 0. The highest BCUT2D eigenvalue weighted by Gasteiger charge is 2.32. The molecular weight excluding hydrogens is 274 g/mol. The molecule has 2 aliphatic heterocycles. The van der Waals surface area contributed by atoms with Gasteiger partial charge in [-0.25, -0.2) is 0 Å². The van der Waals surface area contributed by atoms with Crippen LogP contribution in [0.2, 0.25) is 0 Å². The van der Waals surface area contributed by atoms with Crippen molar-refractivity contribution in [2.75, 3.05) is 39.3 Å². The van der Waals surface area contributed by atoms with Gasteiger partial charge in [-0.15, -0.1) is 0 Å². The normalized spacial score (nSPS) is 22.5. The van der Waals surface area contributed by atoms with Gasteiger partial charge in [-0.05, 0) is 24.3 Å². The third kappa shape index (κ3) is 3.50. The highest BCUT2D eigenvalue weighted by atomic mass is 16.2. The largest absolute Gasteiger partial charge is 0.343 e. The van der Waals surface area contributed by atoms with Gasteiger partial charge >= 0.3 is 0 Å². The van der Waals surface area contributed by atoms with E-state index in [2.05, 4.69) is 40.5 Å². The zero-order valence-corrected chi connectivity index (χ0v) is 13.5. The summed E-state index contributed by atoms with van der Waals surface area (Å²) in [7, 11) is 0. The second-order valence-electron chi connectivity index (χ2n) is 6.48. The van der Waals surface area contributed by atoms with Crippen LogP contribution in [0.5, 0.6) is 0 Å². The van der Waals surface area contributed by atoms with Gasteiger partial charge in [0.2, 0.25) is 5.91 Å². The van der Waals surface area contributed by atoms with Crippen molar-refractivity contribution >= 4 is 5.91 Å². The quantitative estimate of drug-likeness (QED) is 0.926. The van der Waals surface area contributed by atoms with Gasteiger partial charge in [0.1, 0.15) is 0 Å². The Morgan fingerprint density at radius 3 is 2.32 bits per heavy atom. The summed E-state index contributed by atoms with van der Waals surface area (Å²) in [4.78, 5) is 16.2. The summed E-state index contributed by atoms with van der Waals surface area (Å²) < 4.78 is 0. The number of benzene rings is 1. The summed E-state index contributed by atoms with van der Waals surface area (Å²) in [5, 5.41) is 3.45. The molecule has 4 heteroatoms. The van der Waals surface area contributed by atoms with Gasteiger partial charge in [-0.3, -0.25) is 9.69 Å². The maximum atomic E-state index is 11.6. The monoisotopic (exact) mass is 301 g/mol. The molecule has 1 unspecified atom stereocenters. The Balaban J connectivity index is 1.75. The van der Waals surface area contributed by atoms with Crippen LogP contribution in [0, 0.1) is 5.92 Å². The van der Waals surface area contributed by atoms with E-state index in [9.17, 15) is 4.79 Å². The Morgan fingerprint density at radius 2 is 1.73 bits per heavy atom. The Hall–Kier alpha value is -1.39. The summed E-state index contributed by atoms with van der Waals surface area (Å²) in [5.74, 6) is 0.869. The molecule has 2 saturated heterocycles. The van der Waals surface area contributed by atoms with Gasteiger partial charge < -0.3 is 10.2 Å². The van der Waals surface area contributed by atoms with Crippen LogP contribution in [0.1, 0.15) is 31.4 Å². The second kappa shape index (κ2) is 7.25. The maximum Gasteiger partial charge on any atom is 0.219 e. The van der Waals surface area contributed by atoms with E-state index in [0.29, 0.717) is 12.0 Å². The molecule has 2 fully saturated rings. The third-order valence-electron chi connectivity index (χ3n) is 5.12. The maximum absolute atomic E-state index is 11.6. The van der Waals surface area contributed by atoms with E-state index >= 15 is 0 Å². The number of hydrogen-bond donors (Lipinski definition) is 1. The van der Waals surface area contributed by atoms with Crippen molar-refractivity contribution in [3.63, 3.8) is 0 Å². The second-order valence-corrected chi connectivity index (χ2v) is 6.48. The SMILES string of the molecule is CC(=O)N1CCC(C(c2ccccc2)N2CCNCC2)CC1. The van der Waals surface area contributed by atoms with Gasteiger partial charge in [-0.2, -0.15) is 0 Å². The van der Waals surface area contributed by atoms with E-state index < -0.39 is 0 Å². The highest BCUT2D eigenvalue weighted by molar-refractivity contribution is 5.73. The van der Waals surface area contributed by atoms with Crippen LogP contribution in [0.3, 0.4) is 0 Å². The number of likely N-dealkylation sites (tertiary alicyclic amines) is 1. The molecule has 2 heterocycles. The molecule has 1 aromatic rings. The predicted octanol–water partition coefficient (Wildman–Crippen LogP) is 1.89. The van der Waals surface area contributed by atoms with Gasteiger partial charge in [0.25, 0.3) is 0 Å². The van der Waals surface area contributed by atoms with Crippen molar-refractivity contribution in [3.8, 4) is 0 Å². The Morgan fingerprint density at radius 1 is 1.09 bits per heavy atom. The molecule has 1 amide bonds. The zero-order chi connectivity index (χ0) is 15.4. The number of amides is 1. The van der Waals surface area contributed by atoms with Crippen LogP contribution in [0.15, 0.2) is 30.3 Å². The average molecular weight is 301 g/mol. The van der Waals surface area contributed by atoms with Crippen LogP contribution in [0.25, 0.3) is 0 Å². The summed E-state index contributed by atoms with van der Waals surface area (Å²) in [6, 6.07) is 11.4. The zero-order valence-electron chi connectivity index (χ0n) is 13.5. The summed E-state index contributed by atoms with van der Waals surface area (Å²) in [5.41, 5.74) is 1.44. The fourth-order valence-electron chi connectivity index (χ4n) is 3.92. The lowest BCUT2D eigenvalue weighted by Gasteiger charge is -2.43. The van der Waals surface area contributed by atoms with Crippen molar-refractivity contribution in [2.45, 2.75) is 25.8 Å². The number of nitrogens with zero attached hydrogens (tertiary/aromatic N) is 2. The van der Waals surface area contributed by atoms with Crippen molar-refractivity contribution in [3.05, 3.63) is 35.9 Å². The van der Waals surface area contributed by atoms with Crippen LogP contribution in [-0.2, 0) is 4.79 Å². The first-order chi connectivity index (χ1) is 10.8. The third-order valence-corrected chi connectivity index (χ3v) is 5.12. The smallest absolute Gasteiger partial charge is 0.219 e. The number of carbonyl (C=O) groups is 1. The molecule has 0 bridgehead atoms. The Bertz CT molecular complexity index is 476. The van der Waals surface area contributed by atoms with Crippen molar-refractivity contribution in [2.24, 2.45) is 5.92 Å². The predicted molar refractivity (Wildman–Crippen MR) is 88.6 cm³/mol. The summed E-state index contributed by atoms with van der Waals surface area (Å²) in [6.07, 6.45) is 2.23. The molecule has 0 radical (unpaired) electrons. The van der Waals surface area contributed by atoms with Crippen molar-refractivity contribution in [1.82, 2.24) is 15.1 Å². The lowest BCUT2D eigenvalue weighted by molar-refractivity contribution is -0.130. The van der Waals surface area contributed by atoms with Gasteiger partial charge in [0.05, 0.1) is 0 Å². The molecule has 120 valence electrons. The number of carbonyl (C=O) groups excluding carboxylic acids is 1. The molecule has 22 heavy (non-hydrogen) atoms. The van der Waals surface area contributed by atoms with E-state index in [1.54, 1.807) is 6.92 Å². The van der Waals surface area contributed by atoms with Gasteiger partial charge in [0.15, 0.2) is 0 Å². The molecule has 0 saturated carbocycles. The van der Waals surface area contributed by atoms with E-state index in [0.717, 1.165) is 52.1 Å². The lowest BCUT2D eigenvalue weighted by Crippen LogP contribution is -2.49. The molecule has 2 aliphatic rings. The molecule has 1 N–H and O–H groups in total. The van der Waals surface area contributed by atoms with Gasteiger partial charge in [0, 0.05) is 52.2 Å². The molecule has 0 spiro atoms. The molecule has 1 aromatic carbocycles. The Labute approximate surface area is 133 Å². The van der Waals surface area contributed by atoms with Crippen LogP contribution in [0.4, 0.5) is 0 Å². The minimum Gasteiger partial charge on any atom is -0.343 e. The first-order valence-corrected chi connectivity index (χ1v) is 8.51. The number of hydrogen-bond acceptors (Lipinski definition) is 3. The standard InChI is InChI=1S/C18H27N3O/c1-15(22)20-11-7-17(8-12-20)18(16-5-3-2-4-6-16)21-13-9-19-10-14-21/h2-6,17-19H,7-14H2,1H3. The van der Waals surface area contributed by atoms with Crippen LogP contribution >= 0.6 is 0 Å². The number of piperidine rings is 1. The topological polar surface area (TPSA) is 35.6 Å². The van der Waals surface area contributed by atoms with Crippen molar-refractivity contribution < 1.29 is 4.79 Å². The first kappa shape index (κ1) is 15.5. The summed E-state index contributed by atoms with van der Waals surface area (Å²) in [6.45, 7) is 7.90. The molecule has 1 atom stereocenters. The minimum absolute atomic E-state index is 0.219. The number of nitrogens with one attached hydrogen (secondary N) is 1. The minimum atomic E-state index is 0.219. The average Bonchev–Trinajstić information content (AvgIpc) is 2.57. The van der Waals surface area contributed by atoms with E-state index in [-0.39, 0.29) is 5.91 Å². The lowest BCUT2D eigenvalue weighted by atomic mass is 9.84. The van der Waals surface area contributed by atoms with E-state index in [1.807, 2.05) is 4.90 Å². The fourth-order valence-corrected chi connectivity index (χ4v) is 3.92.